The molecule has 20 heavy (non-hydrogen) atoms. The van der Waals surface area contributed by atoms with Crippen LogP contribution in [0.2, 0.25) is 5.02 Å². The van der Waals surface area contributed by atoms with Crippen molar-refractivity contribution in [1.82, 2.24) is 5.32 Å². The summed E-state index contributed by atoms with van der Waals surface area (Å²) in [6.07, 6.45) is 5.16. The van der Waals surface area contributed by atoms with Gasteiger partial charge in [0, 0.05) is 5.02 Å². The average Bonchev–Trinajstić information content (AvgIpc) is 3.24. The highest BCUT2D eigenvalue weighted by Gasteiger charge is 2.51. The highest BCUT2D eigenvalue weighted by molar-refractivity contribution is 6.30. The Morgan fingerprint density at radius 3 is 2.45 bits per heavy atom. The van der Waals surface area contributed by atoms with Crippen LogP contribution < -0.4 is 5.32 Å². The quantitative estimate of drug-likeness (QED) is 0.900. The molecule has 2 atom stereocenters. The minimum atomic E-state index is -0.395. The Morgan fingerprint density at radius 1 is 1.20 bits per heavy atom. The molecule has 2 aliphatic carbocycles. The predicted molar refractivity (Wildman–Crippen MR) is 78.8 cm³/mol. The zero-order chi connectivity index (χ0) is 14.2. The zero-order valence-electron chi connectivity index (χ0n) is 11.4. The molecule has 0 saturated heterocycles. The molecular formula is C16H20ClNO2. The van der Waals surface area contributed by atoms with Crippen molar-refractivity contribution in [3.8, 4) is 0 Å². The first-order valence-electron chi connectivity index (χ1n) is 7.37. The van der Waals surface area contributed by atoms with Gasteiger partial charge >= 0.3 is 0 Å². The molecule has 3 rings (SSSR count). The number of nitrogens with one attached hydrogen (secondary N) is 1. The van der Waals surface area contributed by atoms with Crippen LogP contribution in [-0.2, 0) is 10.2 Å². The standard InChI is InChI=1S/C16H20ClNO2/c17-12-7-5-11(6-8-12)16(9-10-16)15(20)18-13-3-1-2-4-14(13)19/h5-8,13-14,19H,1-4,9-10H2,(H,18,20). The lowest BCUT2D eigenvalue weighted by molar-refractivity contribution is -0.125. The molecule has 2 unspecified atom stereocenters. The lowest BCUT2D eigenvalue weighted by Gasteiger charge is -2.30. The summed E-state index contributed by atoms with van der Waals surface area (Å²) in [4.78, 5) is 12.6. The molecule has 108 valence electrons. The number of aliphatic hydroxyl groups is 1. The molecule has 0 radical (unpaired) electrons. The van der Waals surface area contributed by atoms with E-state index >= 15 is 0 Å². The molecule has 1 aromatic rings. The van der Waals surface area contributed by atoms with Gasteiger partial charge in [0.05, 0.1) is 17.6 Å². The maximum atomic E-state index is 12.6. The second-order valence-corrected chi connectivity index (χ2v) is 6.46. The number of amides is 1. The van der Waals surface area contributed by atoms with E-state index in [0.717, 1.165) is 44.1 Å². The van der Waals surface area contributed by atoms with Crippen molar-refractivity contribution < 1.29 is 9.90 Å². The molecule has 2 N–H and O–H groups in total. The zero-order valence-corrected chi connectivity index (χ0v) is 12.2. The van der Waals surface area contributed by atoms with E-state index < -0.39 is 6.10 Å². The fourth-order valence-corrected chi connectivity index (χ4v) is 3.25. The van der Waals surface area contributed by atoms with Gasteiger partial charge in [-0.05, 0) is 43.4 Å². The van der Waals surface area contributed by atoms with Crippen LogP contribution in [0.15, 0.2) is 24.3 Å². The highest BCUT2D eigenvalue weighted by Crippen LogP contribution is 2.48. The number of aliphatic hydroxyl groups excluding tert-OH is 1. The van der Waals surface area contributed by atoms with Gasteiger partial charge < -0.3 is 10.4 Å². The molecule has 2 aliphatic rings. The van der Waals surface area contributed by atoms with E-state index in [1.54, 1.807) is 0 Å². The highest BCUT2D eigenvalue weighted by atomic mass is 35.5. The molecule has 4 heteroatoms. The Morgan fingerprint density at radius 2 is 1.85 bits per heavy atom. The maximum absolute atomic E-state index is 12.6. The number of hydrogen-bond donors (Lipinski definition) is 2. The Balaban J connectivity index is 1.71. The van der Waals surface area contributed by atoms with Gasteiger partial charge in [-0.1, -0.05) is 36.6 Å². The summed E-state index contributed by atoms with van der Waals surface area (Å²) < 4.78 is 0. The summed E-state index contributed by atoms with van der Waals surface area (Å²) in [5, 5.41) is 13.7. The van der Waals surface area contributed by atoms with Gasteiger partial charge in [0.15, 0.2) is 0 Å². The van der Waals surface area contributed by atoms with Crippen LogP contribution in [0.4, 0.5) is 0 Å². The lowest BCUT2D eigenvalue weighted by atomic mass is 9.90. The molecule has 0 aliphatic heterocycles. The van der Waals surface area contributed by atoms with Crippen molar-refractivity contribution in [2.45, 2.75) is 56.1 Å². The van der Waals surface area contributed by atoms with Crippen LogP contribution in [0.5, 0.6) is 0 Å². The molecule has 0 spiro atoms. The summed E-state index contributed by atoms with van der Waals surface area (Å²) in [6, 6.07) is 7.46. The number of hydrogen-bond acceptors (Lipinski definition) is 2. The smallest absolute Gasteiger partial charge is 0.230 e. The van der Waals surface area contributed by atoms with E-state index in [-0.39, 0.29) is 17.4 Å². The van der Waals surface area contributed by atoms with Crippen LogP contribution in [-0.4, -0.2) is 23.2 Å². The molecule has 0 aromatic heterocycles. The lowest BCUT2D eigenvalue weighted by Crippen LogP contribution is -2.48. The van der Waals surface area contributed by atoms with Gasteiger partial charge in [-0.25, -0.2) is 0 Å². The summed E-state index contributed by atoms with van der Waals surface area (Å²) in [6.45, 7) is 0. The van der Waals surface area contributed by atoms with Gasteiger partial charge in [0.1, 0.15) is 0 Å². The van der Waals surface area contributed by atoms with Crippen molar-refractivity contribution in [1.29, 1.82) is 0 Å². The number of halogens is 1. The number of benzene rings is 1. The van der Waals surface area contributed by atoms with Crippen LogP contribution in [0, 0.1) is 0 Å². The third-order valence-electron chi connectivity index (χ3n) is 4.63. The van der Waals surface area contributed by atoms with E-state index in [4.69, 9.17) is 11.6 Å². The summed E-state index contributed by atoms with van der Waals surface area (Å²) in [5.74, 6) is 0.0609. The van der Waals surface area contributed by atoms with E-state index in [1.807, 2.05) is 24.3 Å². The van der Waals surface area contributed by atoms with Crippen molar-refractivity contribution in [3.63, 3.8) is 0 Å². The Hall–Kier alpha value is -1.06. The third kappa shape index (κ3) is 2.57. The SMILES string of the molecule is O=C(NC1CCCCC1O)C1(c2ccc(Cl)cc2)CC1. The number of rotatable bonds is 3. The minimum absolute atomic E-state index is 0.0609. The molecule has 1 amide bonds. The van der Waals surface area contributed by atoms with Crippen molar-refractivity contribution in [3.05, 3.63) is 34.9 Å². The minimum Gasteiger partial charge on any atom is -0.391 e. The number of carbonyl (C=O) groups is 1. The first-order valence-corrected chi connectivity index (χ1v) is 7.75. The maximum Gasteiger partial charge on any atom is 0.230 e. The van der Waals surface area contributed by atoms with E-state index in [2.05, 4.69) is 5.32 Å². The summed E-state index contributed by atoms with van der Waals surface area (Å²) >= 11 is 5.90. The second kappa shape index (κ2) is 5.38. The monoisotopic (exact) mass is 293 g/mol. The first-order chi connectivity index (χ1) is 9.62. The Kier molecular flexibility index (Phi) is 3.74. The fraction of sp³-hybridized carbons (Fsp3) is 0.562. The van der Waals surface area contributed by atoms with Crippen molar-refractivity contribution >= 4 is 17.5 Å². The van der Waals surface area contributed by atoms with Crippen molar-refractivity contribution in [2.24, 2.45) is 0 Å². The summed E-state index contributed by atoms with van der Waals surface area (Å²) in [5.41, 5.74) is 0.645. The third-order valence-corrected chi connectivity index (χ3v) is 4.88. The molecule has 3 nitrogen and oxygen atoms in total. The predicted octanol–water partition coefficient (Wildman–Crippen LogP) is 2.79. The first kappa shape index (κ1) is 13.9. The molecular weight excluding hydrogens is 274 g/mol. The molecule has 2 saturated carbocycles. The summed E-state index contributed by atoms with van der Waals surface area (Å²) in [7, 11) is 0. The van der Waals surface area contributed by atoms with Gasteiger partial charge in [0.25, 0.3) is 0 Å². The van der Waals surface area contributed by atoms with E-state index in [9.17, 15) is 9.90 Å². The van der Waals surface area contributed by atoms with Gasteiger partial charge in [-0.2, -0.15) is 0 Å². The Labute approximate surface area is 124 Å². The molecule has 0 heterocycles. The Bertz CT molecular complexity index is 496. The molecule has 2 fully saturated rings. The van der Waals surface area contributed by atoms with Crippen molar-refractivity contribution in [2.75, 3.05) is 0 Å². The largest absolute Gasteiger partial charge is 0.391 e. The van der Waals surface area contributed by atoms with Gasteiger partial charge in [0.2, 0.25) is 5.91 Å². The average molecular weight is 294 g/mol. The molecule has 0 bridgehead atoms. The second-order valence-electron chi connectivity index (χ2n) is 6.02. The fourth-order valence-electron chi connectivity index (χ4n) is 3.13. The van der Waals surface area contributed by atoms with E-state index in [1.165, 1.54) is 0 Å². The van der Waals surface area contributed by atoms with Crippen LogP contribution in [0.3, 0.4) is 0 Å². The molecule has 1 aromatic carbocycles. The van der Waals surface area contributed by atoms with E-state index in [0.29, 0.717) is 5.02 Å². The number of carbonyl (C=O) groups excluding carboxylic acids is 1. The van der Waals surface area contributed by atoms with Crippen LogP contribution in [0.25, 0.3) is 0 Å². The normalized spacial score (nSPS) is 27.9. The van der Waals surface area contributed by atoms with Gasteiger partial charge in [-0.15, -0.1) is 0 Å². The van der Waals surface area contributed by atoms with Crippen LogP contribution in [0.1, 0.15) is 44.1 Å². The van der Waals surface area contributed by atoms with Crippen LogP contribution >= 0.6 is 11.6 Å². The van der Waals surface area contributed by atoms with Gasteiger partial charge in [-0.3, -0.25) is 4.79 Å². The topological polar surface area (TPSA) is 49.3 Å².